The largest absolute Gasteiger partial charge is 0.493 e. The highest BCUT2D eigenvalue weighted by atomic mass is 79.9. The Labute approximate surface area is 130 Å². The molecule has 5 nitrogen and oxygen atoms in total. The van der Waals surface area contributed by atoms with Gasteiger partial charge >= 0.3 is 0 Å². The van der Waals surface area contributed by atoms with Crippen LogP contribution in [-0.4, -0.2) is 29.7 Å². The van der Waals surface area contributed by atoms with Crippen LogP contribution in [0.5, 0.6) is 11.6 Å². The standard InChI is InChI=1S/C15H13BrN2O3/c1-20-14-3-2-12(17-18-14)13(19)8-10-7-11(16)6-9-4-5-21-15(9)10/h2-3,6-7H,4-5,8H2,1H3. The zero-order valence-electron chi connectivity index (χ0n) is 11.4. The smallest absolute Gasteiger partial charge is 0.233 e. The number of ether oxygens (including phenoxy) is 2. The van der Waals surface area contributed by atoms with Crippen molar-refractivity contribution < 1.29 is 14.3 Å². The summed E-state index contributed by atoms with van der Waals surface area (Å²) in [5, 5.41) is 7.70. The average Bonchev–Trinajstić information content (AvgIpc) is 2.95. The van der Waals surface area contributed by atoms with Gasteiger partial charge in [-0.1, -0.05) is 15.9 Å². The first-order valence-electron chi connectivity index (χ1n) is 6.52. The number of Topliss-reactive ketones (excluding diaryl/α,β-unsaturated/α-hetero) is 1. The van der Waals surface area contributed by atoms with Crippen molar-refractivity contribution in [2.45, 2.75) is 12.8 Å². The Bertz CT molecular complexity index is 686. The summed E-state index contributed by atoms with van der Waals surface area (Å²) in [7, 11) is 1.51. The molecule has 2 heterocycles. The van der Waals surface area contributed by atoms with Gasteiger partial charge in [-0.15, -0.1) is 10.2 Å². The number of hydrogen-bond donors (Lipinski definition) is 0. The van der Waals surface area contributed by atoms with Crippen LogP contribution < -0.4 is 9.47 Å². The maximum atomic E-state index is 12.3. The summed E-state index contributed by atoms with van der Waals surface area (Å²) in [5.41, 5.74) is 2.33. The van der Waals surface area contributed by atoms with Gasteiger partial charge in [-0.25, -0.2) is 0 Å². The molecule has 108 valence electrons. The van der Waals surface area contributed by atoms with E-state index in [1.54, 1.807) is 12.1 Å². The minimum Gasteiger partial charge on any atom is -0.493 e. The number of halogens is 1. The van der Waals surface area contributed by atoms with Crippen molar-refractivity contribution in [3.8, 4) is 11.6 Å². The topological polar surface area (TPSA) is 61.3 Å². The predicted molar refractivity (Wildman–Crippen MR) is 80.0 cm³/mol. The molecule has 2 aromatic rings. The number of ketones is 1. The maximum Gasteiger partial charge on any atom is 0.233 e. The molecule has 0 N–H and O–H groups in total. The highest BCUT2D eigenvalue weighted by molar-refractivity contribution is 9.10. The van der Waals surface area contributed by atoms with Crippen LogP contribution in [0.25, 0.3) is 0 Å². The molecule has 0 radical (unpaired) electrons. The Morgan fingerprint density at radius 3 is 2.95 bits per heavy atom. The number of methoxy groups -OCH3 is 1. The fourth-order valence-corrected chi connectivity index (χ4v) is 2.87. The second kappa shape index (κ2) is 5.81. The monoisotopic (exact) mass is 348 g/mol. The number of benzene rings is 1. The van der Waals surface area contributed by atoms with Crippen molar-refractivity contribution in [1.82, 2.24) is 10.2 Å². The number of carbonyl (C=O) groups excluding carboxylic acids is 1. The lowest BCUT2D eigenvalue weighted by Gasteiger charge is -2.08. The number of rotatable bonds is 4. The van der Waals surface area contributed by atoms with E-state index in [-0.39, 0.29) is 12.2 Å². The van der Waals surface area contributed by atoms with Gasteiger partial charge in [0.05, 0.1) is 13.7 Å². The minimum absolute atomic E-state index is 0.0963. The summed E-state index contributed by atoms with van der Waals surface area (Å²) in [6, 6.07) is 7.19. The van der Waals surface area contributed by atoms with E-state index in [2.05, 4.69) is 26.1 Å². The Morgan fingerprint density at radius 2 is 2.24 bits per heavy atom. The van der Waals surface area contributed by atoms with Crippen LogP contribution in [0.4, 0.5) is 0 Å². The molecule has 0 amide bonds. The number of nitrogens with zero attached hydrogens (tertiary/aromatic N) is 2. The van der Waals surface area contributed by atoms with Crippen LogP contribution in [0.2, 0.25) is 0 Å². The van der Waals surface area contributed by atoms with Gasteiger partial charge in [0.15, 0.2) is 5.78 Å². The van der Waals surface area contributed by atoms with E-state index in [1.165, 1.54) is 7.11 Å². The van der Waals surface area contributed by atoms with Gasteiger partial charge in [-0.2, -0.15) is 0 Å². The Kier molecular flexibility index (Phi) is 3.88. The molecule has 3 rings (SSSR count). The van der Waals surface area contributed by atoms with Crippen molar-refractivity contribution in [2.24, 2.45) is 0 Å². The van der Waals surface area contributed by atoms with E-state index in [4.69, 9.17) is 9.47 Å². The van der Waals surface area contributed by atoms with E-state index < -0.39 is 0 Å². The molecule has 0 saturated carbocycles. The molecule has 21 heavy (non-hydrogen) atoms. The second-order valence-corrected chi connectivity index (χ2v) is 5.63. The number of hydrogen-bond acceptors (Lipinski definition) is 5. The number of carbonyl (C=O) groups is 1. The van der Waals surface area contributed by atoms with Gasteiger partial charge in [0.2, 0.25) is 5.88 Å². The lowest BCUT2D eigenvalue weighted by atomic mass is 10.0. The van der Waals surface area contributed by atoms with E-state index in [1.807, 2.05) is 12.1 Å². The van der Waals surface area contributed by atoms with Crippen LogP contribution >= 0.6 is 15.9 Å². The molecule has 0 fully saturated rings. The third-order valence-corrected chi connectivity index (χ3v) is 3.77. The second-order valence-electron chi connectivity index (χ2n) is 4.71. The van der Waals surface area contributed by atoms with Crippen molar-refractivity contribution >= 4 is 21.7 Å². The third kappa shape index (κ3) is 2.90. The highest BCUT2D eigenvalue weighted by Crippen LogP contribution is 2.33. The van der Waals surface area contributed by atoms with Gasteiger partial charge in [-0.3, -0.25) is 4.79 Å². The molecule has 1 aliphatic rings. The Balaban J connectivity index is 1.84. The Hall–Kier alpha value is -1.95. The fraction of sp³-hybridized carbons (Fsp3) is 0.267. The normalized spacial score (nSPS) is 12.7. The van der Waals surface area contributed by atoms with Crippen LogP contribution in [0.3, 0.4) is 0 Å². The molecule has 0 atom stereocenters. The lowest BCUT2D eigenvalue weighted by molar-refractivity contribution is 0.0986. The fourth-order valence-electron chi connectivity index (χ4n) is 2.32. The highest BCUT2D eigenvalue weighted by Gasteiger charge is 2.20. The van der Waals surface area contributed by atoms with Crippen molar-refractivity contribution in [3.63, 3.8) is 0 Å². The molecule has 0 aliphatic carbocycles. The summed E-state index contributed by atoms with van der Waals surface area (Å²) >= 11 is 3.47. The summed E-state index contributed by atoms with van der Waals surface area (Å²) in [6.07, 6.45) is 1.11. The SMILES string of the molecule is COc1ccc(C(=O)Cc2cc(Br)cc3c2OCC3)nn1. The van der Waals surface area contributed by atoms with Crippen molar-refractivity contribution in [2.75, 3.05) is 13.7 Å². The molecule has 0 spiro atoms. The molecule has 1 aromatic heterocycles. The van der Waals surface area contributed by atoms with Gasteiger partial charge in [-0.05, 0) is 23.8 Å². The van der Waals surface area contributed by atoms with Crippen LogP contribution in [0, 0.1) is 0 Å². The van der Waals surface area contributed by atoms with Crippen LogP contribution in [0.1, 0.15) is 21.6 Å². The molecule has 1 aliphatic heterocycles. The molecule has 1 aromatic carbocycles. The van der Waals surface area contributed by atoms with Crippen molar-refractivity contribution in [1.29, 1.82) is 0 Å². The van der Waals surface area contributed by atoms with E-state index in [0.29, 0.717) is 18.2 Å². The zero-order chi connectivity index (χ0) is 14.8. The quantitative estimate of drug-likeness (QED) is 0.794. The average molecular weight is 349 g/mol. The predicted octanol–water partition coefficient (Wildman–Crippen LogP) is 2.61. The van der Waals surface area contributed by atoms with Gasteiger partial charge in [0, 0.05) is 28.9 Å². The maximum absolute atomic E-state index is 12.3. The summed E-state index contributed by atoms with van der Waals surface area (Å²) < 4.78 is 11.5. The molecule has 0 bridgehead atoms. The molecule has 0 unspecified atom stereocenters. The van der Waals surface area contributed by atoms with Crippen LogP contribution in [0.15, 0.2) is 28.7 Å². The zero-order valence-corrected chi connectivity index (χ0v) is 13.0. The van der Waals surface area contributed by atoms with Crippen LogP contribution in [-0.2, 0) is 12.8 Å². The summed E-state index contributed by atoms with van der Waals surface area (Å²) in [6.45, 7) is 0.662. The molecular formula is C15H13BrN2O3. The number of fused-ring (bicyclic) bond motifs is 1. The van der Waals surface area contributed by atoms with Gasteiger partial charge < -0.3 is 9.47 Å². The first-order valence-corrected chi connectivity index (χ1v) is 7.31. The Morgan fingerprint density at radius 1 is 1.38 bits per heavy atom. The van der Waals surface area contributed by atoms with Gasteiger partial charge in [0.25, 0.3) is 0 Å². The molecule has 0 saturated heterocycles. The van der Waals surface area contributed by atoms with E-state index >= 15 is 0 Å². The first-order chi connectivity index (χ1) is 10.2. The lowest BCUT2D eigenvalue weighted by Crippen LogP contribution is -2.08. The third-order valence-electron chi connectivity index (χ3n) is 3.31. The molecule has 6 heteroatoms. The van der Waals surface area contributed by atoms with E-state index in [9.17, 15) is 4.79 Å². The van der Waals surface area contributed by atoms with Crippen molar-refractivity contribution in [3.05, 3.63) is 45.6 Å². The van der Waals surface area contributed by atoms with Gasteiger partial charge in [0.1, 0.15) is 11.4 Å². The number of aromatic nitrogens is 2. The molecular weight excluding hydrogens is 336 g/mol. The summed E-state index contributed by atoms with van der Waals surface area (Å²) in [5.74, 6) is 1.12. The minimum atomic E-state index is -0.0963. The summed E-state index contributed by atoms with van der Waals surface area (Å²) in [4.78, 5) is 12.3. The van der Waals surface area contributed by atoms with E-state index in [0.717, 1.165) is 27.8 Å². The first kappa shape index (κ1) is 14.0.